The molecule has 23 heavy (non-hydrogen) atoms. The van der Waals surface area contributed by atoms with E-state index in [-0.39, 0.29) is 5.92 Å². The van der Waals surface area contributed by atoms with Gasteiger partial charge in [-0.3, -0.25) is 0 Å². The number of likely N-dealkylation sites (tertiary alicyclic amines) is 1. The molecule has 1 saturated heterocycles. The topological polar surface area (TPSA) is 24.7 Å². The molecular formula is C20H25BrNO+. The van der Waals surface area contributed by atoms with E-state index in [1.165, 1.54) is 37.9 Å². The smallest absolute Gasteiger partial charge is 0.0912 e. The molecule has 2 unspecified atom stereocenters. The highest BCUT2D eigenvalue weighted by atomic mass is 79.9. The third kappa shape index (κ3) is 4.43. The molecule has 0 bridgehead atoms. The molecule has 0 radical (unpaired) electrons. The molecule has 2 N–H and O–H groups in total. The zero-order chi connectivity index (χ0) is 16.1. The summed E-state index contributed by atoms with van der Waals surface area (Å²) in [5.41, 5.74) is 2.24. The minimum Gasteiger partial charge on any atom is -0.388 e. The van der Waals surface area contributed by atoms with Gasteiger partial charge in [-0.15, -0.1) is 0 Å². The normalized spacial score (nSPS) is 18.5. The summed E-state index contributed by atoms with van der Waals surface area (Å²) in [5, 5.41) is 11.0. The molecule has 1 aliphatic rings. The summed E-state index contributed by atoms with van der Waals surface area (Å²) >= 11 is 3.47. The number of aliphatic hydroxyl groups is 1. The molecule has 3 heteroatoms. The van der Waals surface area contributed by atoms with Crippen molar-refractivity contribution in [3.8, 4) is 0 Å². The largest absolute Gasteiger partial charge is 0.388 e. The van der Waals surface area contributed by atoms with E-state index >= 15 is 0 Å². The Labute approximate surface area is 147 Å². The van der Waals surface area contributed by atoms with Gasteiger partial charge in [0, 0.05) is 4.47 Å². The van der Waals surface area contributed by atoms with E-state index in [0.717, 1.165) is 16.6 Å². The summed E-state index contributed by atoms with van der Waals surface area (Å²) in [6.07, 6.45) is 3.52. The van der Waals surface area contributed by atoms with Crippen LogP contribution in [0, 0.1) is 0 Å². The van der Waals surface area contributed by atoms with Gasteiger partial charge in [-0.2, -0.15) is 0 Å². The van der Waals surface area contributed by atoms with Crippen LogP contribution >= 0.6 is 15.9 Å². The first kappa shape index (κ1) is 16.7. The zero-order valence-corrected chi connectivity index (χ0v) is 15.0. The molecule has 1 heterocycles. The van der Waals surface area contributed by atoms with Gasteiger partial charge in [0.1, 0.15) is 0 Å². The maximum Gasteiger partial charge on any atom is 0.0912 e. The van der Waals surface area contributed by atoms with Crippen LogP contribution in [0.1, 0.15) is 42.4 Å². The average molecular weight is 375 g/mol. The van der Waals surface area contributed by atoms with Crippen molar-refractivity contribution in [2.75, 3.05) is 19.6 Å². The number of hydrogen-bond donors (Lipinski definition) is 2. The summed E-state index contributed by atoms with van der Waals surface area (Å²) in [4.78, 5) is 1.63. The molecule has 0 spiro atoms. The summed E-state index contributed by atoms with van der Waals surface area (Å²) in [6, 6.07) is 18.5. The minimum atomic E-state index is -0.458. The maximum atomic E-state index is 11.0. The Morgan fingerprint density at radius 3 is 2.17 bits per heavy atom. The lowest BCUT2D eigenvalue weighted by Crippen LogP contribution is -3.13. The average Bonchev–Trinajstić information content (AvgIpc) is 2.61. The fourth-order valence-electron chi connectivity index (χ4n) is 3.57. The fourth-order valence-corrected chi connectivity index (χ4v) is 3.84. The van der Waals surface area contributed by atoms with Crippen molar-refractivity contribution in [1.29, 1.82) is 0 Å². The van der Waals surface area contributed by atoms with Gasteiger partial charge < -0.3 is 10.0 Å². The molecule has 2 nitrogen and oxygen atoms in total. The van der Waals surface area contributed by atoms with Crippen LogP contribution in [0.4, 0.5) is 0 Å². The van der Waals surface area contributed by atoms with Crippen molar-refractivity contribution >= 4 is 15.9 Å². The number of quaternary nitrogens is 1. The molecule has 1 aliphatic heterocycles. The number of hydrogen-bond acceptors (Lipinski definition) is 1. The van der Waals surface area contributed by atoms with Crippen molar-refractivity contribution in [1.82, 2.24) is 0 Å². The van der Waals surface area contributed by atoms with E-state index < -0.39 is 6.10 Å². The van der Waals surface area contributed by atoms with Crippen LogP contribution in [-0.4, -0.2) is 24.7 Å². The Morgan fingerprint density at radius 2 is 1.52 bits per heavy atom. The van der Waals surface area contributed by atoms with Gasteiger partial charge in [0.15, 0.2) is 0 Å². The number of halogens is 1. The highest BCUT2D eigenvalue weighted by Crippen LogP contribution is 2.30. The van der Waals surface area contributed by atoms with Gasteiger partial charge in [-0.25, -0.2) is 0 Å². The Kier molecular flexibility index (Phi) is 5.87. The second kappa shape index (κ2) is 8.09. The quantitative estimate of drug-likeness (QED) is 0.823. The highest BCUT2D eigenvalue weighted by molar-refractivity contribution is 9.10. The van der Waals surface area contributed by atoms with Crippen LogP contribution in [0.3, 0.4) is 0 Å². The molecule has 0 aromatic heterocycles. The van der Waals surface area contributed by atoms with E-state index in [4.69, 9.17) is 0 Å². The predicted octanol–water partition coefficient (Wildman–Crippen LogP) is 3.34. The van der Waals surface area contributed by atoms with Gasteiger partial charge >= 0.3 is 0 Å². The lowest BCUT2D eigenvalue weighted by atomic mass is 9.88. The Hall–Kier alpha value is -1.16. The monoisotopic (exact) mass is 374 g/mol. The van der Waals surface area contributed by atoms with Crippen molar-refractivity contribution in [2.24, 2.45) is 0 Å². The van der Waals surface area contributed by atoms with Gasteiger partial charge in [0.2, 0.25) is 0 Å². The first-order valence-corrected chi connectivity index (χ1v) is 9.35. The van der Waals surface area contributed by atoms with Crippen LogP contribution in [0.5, 0.6) is 0 Å². The maximum absolute atomic E-state index is 11.0. The van der Waals surface area contributed by atoms with Crippen molar-refractivity contribution in [2.45, 2.75) is 31.3 Å². The minimum absolute atomic E-state index is 0.144. The molecule has 0 saturated carbocycles. The number of benzene rings is 2. The van der Waals surface area contributed by atoms with Crippen molar-refractivity contribution in [3.05, 3.63) is 70.2 Å². The second-order valence-electron chi connectivity index (χ2n) is 6.53. The van der Waals surface area contributed by atoms with Gasteiger partial charge in [0.05, 0.1) is 31.7 Å². The summed E-state index contributed by atoms with van der Waals surface area (Å²) in [6.45, 7) is 3.47. The van der Waals surface area contributed by atoms with Gasteiger partial charge in [-0.1, -0.05) is 58.4 Å². The zero-order valence-electron chi connectivity index (χ0n) is 13.4. The molecule has 1 fully saturated rings. The third-order valence-electron chi connectivity index (χ3n) is 4.89. The molecule has 122 valence electrons. The first-order chi connectivity index (χ1) is 11.2. The second-order valence-corrected chi connectivity index (χ2v) is 7.44. The molecule has 3 rings (SSSR count). The van der Waals surface area contributed by atoms with Gasteiger partial charge in [0.25, 0.3) is 0 Å². The number of rotatable bonds is 5. The molecule has 2 atom stereocenters. The van der Waals surface area contributed by atoms with Crippen LogP contribution < -0.4 is 4.90 Å². The van der Waals surface area contributed by atoms with Gasteiger partial charge in [-0.05, 0) is 42.5 Å². The van der Waals surface area contributed by atoms with E-state index in [2.05, 4.69) is 40.2 Å². The van der Waals surface area contributed by atoms with E-state index in [1.54, 1.807) is 4.90 Å². The first-order valence-electron chi connectivity index (χ1n) is 8.56. The summed E-state index contributed by atoms with van der Waals surface area (Å²) in [5.74, 6) is 0.144. The highest BCUT2D eigenvalue weighted by Gasteiger charge is 2.28. The molecular weight excluding hydrogens is 350 g/mol. The molecule has 0 aliphatic carbocycles. The van der Waals surface area contributed by atoms with Crippen LogP contribution in [0.15, 0.2) is 59.1 Å². The van der Waals surface area contributed by atoms with Crippen LogP contribution in [-0.2, 0) is 0 Å². The van der Waals surface area contributed by atoms with Crippen LogP contribution in [0.25, 0.3) is 0 Å². The van der Waals surface area contributed by atoms with E-state index in [9.17, 15) is 5.11 Å². The van der Waals surface area contributed by atoms with Crippen molar-refractivity contribution < 1.29 is 10.0 Å². The Balaban J connectivity index is 1.83. The Bertz CT molecular complexity index is 593. The number of piperidine rings is 1. The predicted molar refractivity (Wildman–Crippen MR) is 97.7 cm³/mol. The van der Waals surface area contributed by atoms with E-state index in [0.29, 0.717) is 0 Å². The summed E-state index contributed by atoms with van der Waals surface area (Å²) < 4.78 is 1.05. The SMILES string of the molecule is OC(c1ccc(Br)cc1)C(C[NH+]1CCCCC1)c1ccccc1. The number of aliphatic hydroxyl groups excluding tert-OH is 1. The fraction of sp³-hybridized carbons (Fsp3) is 0.400. The molecule has 2 aromatic rings. The molecule has 2 aromatic carbocycles. The van der Waals surface area contributed by atoms with Crippen LogP contribution in [0.2, 0.25) is 0 Å². The lowest BCUT2D eigenvalue weighted by molar-refractivity contribution is -0.906. The third-order valence-corrected chi connectivity index (χ3v) is 5.42. The standard InChI is InChI=1S/C20H24BrNO/c21-18-11-9-17(10-12-18)20(23)19(16-7-3-1-4-8-16)15-22-13-5-2-6-14-22/h1,3-4,7-12,19-20,23H,2,5-6,13-15H2/p+1. The number of nitrogens with one attached hydrogen (secondary N) is 1. The lowest BCUT2D eigenvalue weighted by Gasteiger charge is -2.30. The van der Waals surface area contributed by atoms with E-state index in [1.807, 2.05) is 30.3 Å². The summed E-state index contributed by atoms with van der Waals surface area (Å²) in [7, 11) is 0. The van der Waals surface area contributed by atoms with Crippen molar-refractivity contribution in [3.63, 3.8) is 0 Å². The molecule has 0 amide bonds. The Morgan fingerprint density at radius 1 is 0.870 bits per heavy atom.